The number of hydrogen-bond donors (Lipinski definition) is 1. The number of amides is 1. The molecule has 0 unspecified atom stereocenters. The van der Waals surface area contributed by atoms with Crippen LogP contribution in [0.3, 0.4) is 0 Å². The predicted octanol–water partition coefficient (Wildman–Crippen LogP) is 1.23. The highest BCUT2D eigenvalue weighted by atomic mass is 32.2. The van der Waals surface area contributed by atoms with Gasteiger partial charge in [0.1, 0.15) is 4.90 Å². The van der Waals surface area contributed by atoms with Crippen molar-refractivity contribution in [2.45, 2.75) is 17.1 Å². The highest BCUT2D eigenvalue weighted by molar-refractivity contribution is 8.07. The smallest absolute Gasteiger partial charge is 0.239 e. The van der Waals surface area contributed by atoms with E-state index in [0.717, 1.165) is 23.5 Å². The molecule has 124 valence electrons. The van der Waals surface area contributed by atoms with Crippen LogP contribution in [0.5, 0.6) is 0 Å². The molecule has 1 aliphatic rings. The molecule has 2 aromatic heterocycles. The van der Waals surface area contributed by atoms with Crippen molar-refractivity contribution in [3.8, 4) is 0 Å². The van der Waals surface area contributed by atoms with Gasteiger partial charge in [0, 0.05) is 29.6 Å². The molecule has 0 saturated carbocycles. The molecule has 2 aromatic rings. The minimum absolute atomic E-state index is 0.0325. The first kappa shape index (κ1) is 16.6. The number of rotatable bonds is 3. The van der Waals surface area contributed by atoms with Gasteiger partial charge in [0.05, 0.1) is 17.1 Å². The Balaban J connectivity index is 2.04. The first-order valence-corrected chi connectivity index (χ1v) is 11.0. The van der Waals surface area contributed by atoms with Crippen molar-refractivity contribution in [3.05, 3.63) is 18.0 Å². The minimum atomic E-state index is -3.54. The Morgan fingerprint density at radius 3 is 2.87 bits per heavy atom. The summed E-state index contributed by atoms with van der Waals surface area (Å²) < 4.78 is 25.4. The standard InChI is InChI=1S/C13H16N4O3S3/c1-8-5-11-14-6-10(23(2,19)20)12(17(11)16-8)15-13(18)9-7-21-3-4-22-9/h5-6,9H,3-4,7H2,1-2H3,(H,15,18)/t9-/m1/s1. The van der Waals surface area contributed by atoms with Gasteiger partial charge in [-0.1, -0.05) is 0 Å². The van der Waals surface area contributed by atoms with Gasteiger partial charge in [-0.05, 0) is 6.92 Å². The lowest BCUT2D eigenvalue weighted by atomic mass is 10.4. The second kappa shape index (κ2) is 6.33. The quantitative estimate of drug-likeness (QED) is 0.866. The molecule has 0 spiro atoms. The fourth-order valence-electron chi connectivity index (χ4n) is 2.25. The fraction of sp³-hybridized carbons (Fsp3) is 0.462. The summed E-state index contributed by atoms with van der Waals surface area (Å²) in [6, 6.07) is 1.73. The highest BCUT2D eigenvalue weighted by Gasteiger charge is 2.26. The van der Waals surface area contributed by atoms with Crippen LogP contribution in [0.2, 0.25) is 0 Å². The lowest BCUT2D eigenvalue weighted by Gasteiger charge is -2.21. The Kier molecular flexibility index (Phi) is 4.56. The van der Waals surface area contributed by atoms with E-state index in [1.807, 2.05) is 0 Å². The Bertz CT molecular complexity index is 857. The van der Waals surface area contributed by atoms with Crippen molar-refractivity contribution >= 4 is 50.7 Å². The maximum Gasteiger partial charge on any atom is 0.239 e. The van der Waals surface area contributed by atoms with Crippen LogP contribution < -0.4 is 5.32 Å². The summed E-state index contributed by atoms with van der Waals surface area (Å²) in [5.41, 5.74) is 1.19. The van der Waals surface area contributed by atoms with Gasteiger partial charge in [0.2, 0.25) is 5.91 Å². The molecule has 1 atom stereocenters. The number of thioether (sulfide) groups is 2. The molecule has 0 bridgehead atoms. The van der Waals surface area contributed by atoms with E-state index < -0.39 is 9.84 Å². The minimum Gasteiger partial charge on any atom is -0.308 e. The van der Waals surface area contributed by atoms with Crippen LogP contribution in [0.1, 0.15) is 5.69 Å². The third kappa shape index (κ3) is 3.48. The predicted molar refractivity (Wildman–Crippen MR) is 93.0 cm³/mol. The molecule has 7 nitrogen and oxygen atoms in total. The topological polar surface area (TPSA) is 93.4 Å². The van der Waals surface area contributed by atoms with Gasteiger partial charge in [0.15, 0.2) is 21.3 Å². The SMILES string of the molecule is Cc1cc2ncc(S(C)(=O)=O)c(NC(=O)[C@H]3CSCCS3)n2n1. The molecule has 3 rings (SSSR count). The molecule has 1 amide bonds. The van der Waals surface area contributed by atoms with Crippen LogP contribution in [-0.4, -0.2) is 57.7 Å². The summed E-state index contributed by atoms with van der Waals surface area (Å²) in [5, 5.41) is 6.81. The molecule has 1 fully saturated rings. The number of nitrogens with zero attached hydrogens (tertiary/aromatic N) is 3. The van der Waals surface area contributed by atoms with Gasteiger partial charge >= 0.3 is 0 Å². The van der Waals surface area contributed by atoms with E-state index in [9.17, 15) is 13.2 Å². The molecule has 1 aliphatic heterocycles. The number of carbonyl (C=O) groups excluding carboxylic acids is 1. The lowest BCUT2D eigenvalue weighted by Crippen LogP contribution is -2.31. The van der Waals surface area contributed by atoms with Crippen molar-refractivity contribution < 1.29 is 13.2 Å². The van der Waals surface area contributed by atoms with E-state index in [0.29, 0.717) is 11.3 Å². The summed E-state index contributed by atoms with van der Waals surface area (Å²) >= 11 is 3.31. The van der Waals surface area contributed by atoms with Gasteiger partial charge < -0.3 is 5.32 Å². The Morgan fingerprint density at radius 2 is 2.22 bits per heavy atom. The maximum absolute atomic E-state index is 12.5. The van der Waals surface area contributed by atoms with E-state index in [1.54, 1.807) is 36.5 Å². The summed E-state index contributed by atoms with van der Waals surface area (Å²) in [6.45, 7) is 1.79. The van der Waals surface area contributed by atoms with Crippen molar-refractivity contribution in [2.75, 3.05) is 28.8 Å². The summed E-state index contributed by atoms with van der Waals surface area (Å²) in [7, 11) is -3.54. The molecule has 0 radical (unpaired) electrons. The molecule has 1 N–H and O–H groups in total. The molecule has 0 aromatic carbocycles. The molecule has 1 saturated heterocycles. The average molecular weight is 372 g/mol. The van der Waals surface area contributed by atoms with Gasteiger partial charge in [0.25, 0.3) is 0 Å². The Labute approximate surface area is 142 Å². The molecular weight excluding hydrogens is 356 g/mol. The van der Waals surface area contributed by atoms with Crippen molar-refractivity contribution in [1.29, 1.82) is 0 Å². The number of hydrogen-bond acceptors (Lipinski definition) is 7. The van der Waals surface area contributed by atoms with Gasteiger partial charge in [-0.15, -0.1) is 11.8 Å². The normalized spacial score (nSPS) is 19.0. The number of aromatic nitrogens is 3. The van der Waals surface area contributed by atoms with Crippen LogP contribution in [0.4, 0.5) is 5.82 Å². The first-order chi connectivity index (χ1) is 10.9. The number of aryl methyl sites for hydroxylation is 1. The molecule has 10 heteroatoms. The van der Waals surface area contributed by atoms with E-state index in [4.69, 9.17) is 0 Å². The van der Waals surface area contributed by atoms with Gasteiger partial charge in [-0.25, -0.2) is 13.4 Å². The fourth-order valence-corrected chi connectivity index (χ4v) is 5.54. The number of carbonyl (C=O) groups is 1. The Morgan fingerprint density at radius 1 is 1.43 bits per heavy atom. The van der Waals surface area contributed by atoms with Crippen LogP contribution in [0.25, 0.3) is 5.65 Å². The number of sulfone groups is 1. The average Bonchev–Trinajstić information content (AvgIpc) is 2.88. The maximum atomic E-state index is 12.5. The molecular formula is C13H16N4O3S3. The monoisotopic (exact) mass is 372 g/mol. The molecule has 0 aliphatic carbocycles. The zero-order valence-corrected chi connectivity index (χ0v) is 15.1. The van der Waals surface area contributed by atoms with Crippen LogP contribution in [0, 0.1) is 6.92 Å². The number of anilines is 1. The lowest BCUT2D eigenvalue weighted by molar-refractivity contribution is -0.115. The van der Waals surface area contributed by atoms with Crippen LogP contribution >= 0.6 is 23.5 Å². The zero-order chi connectivity index (χ0) is 16.6. The van der Waals surface area contributed by atoms with Crippen LogP contribution in [-0.2, 0) is 14.6 Å². The number of fused-ring (bicyclic) bond motifs is 1. The second-order valence-corrected chi connectivity index (χ2v) is 9.67. The Hall–Kier alpha value is -1.26. The van der Waals surface area contributed by atoms with Gasteiger partial charge in [-0.3, -0.25) is 4.79 Å². The van der Waals surface area contributed by atoms with E-state index in [-0.39, 0.29) is 21.9 Å². The number of nitrogens with one attached hydrogen (secondary N) is 1. The largest absolute Gasteiger partial charge is 0.308 e. The third-order valence-corrected chi connectivity index (χ3v) is 7.17. The second-order valence-electron chi connectivity index (χ2n) is 5.22. The van der Waals surface area contributed by atoms with Crippen molar-refractivity contribution in [1.82, 2.24) is 14.6 Å². The summed E-state index contributed by atoms with van der Waals surface area (Å²) in [6.07, 6.45) is 2.36. The zero-order valence-electron chi connectivity index (χ0n) is 12.6. The summed E-state index contributed by atoms with van der Waals surface area (Å²) in [5.74, 6) is 2.62. The van der Waals surface area contributed by atoms with E-state index in [1.165, 1.54) is 10.7 Å². The van der Waals surface area contributed by atoms with Crippen molar-refractivity contribution in [3.63, 3.8) is 0 Å². The summed E-state index contributed by atoms with van der Waals surface area (Å²) in [4.78, 5) is 16.6. The van der Waals surface area contributed by atoms with E-state index >= 15 is 0 Å². The molecule has 23 heavy (non-hydrogen) atoms. The van der Waals surface area contributed by atoms with Gasteiger partial charge in [-0.2, -0.15) is 21.4 Å². The third-order valence-electron chi connectivity index (χ3n) is 3.32. The first-order valence-electron chi connectivity index (χ1n) is 6.92. The molecule has 3 heterocycles. The van der Waals surface area contributed by atoms with Crippen molar-refractivity contribution in [2.24, 2.45) is 0 Å². The van der Waals surface area contributed by atoms with Crippen LogP contribution in [0.15, 0.2) is 17.2 Å². The van der Waals surface area contributed by atoms with E-state index in [2.05, 4.69) is 15.4 Å². The highest BCUT2D eigenvalue weighted by Crippen LogP contribution is 2.27.